The first-order valence-corrected chi connectivity index (χ1v) is 13.1. The summed E-state index contributed by atoms with van der Waals surface area (Å²) in [4.78, 5) is 34.8. The molecule has 1 aromatic heterocycles. The van der Waals surface area contributed by atoms with Crippen LogP contribution in [-0.4, -0.2) is 47.2 Å². The average molecular weight is 514 g/mol. The van der Waals surface area contributed by atoms with Gasteiger partial charge in [0.1, 0.15) is 11.6 Å². The van der Waals surface area contributed by atoms with Crippen LogP contribution in [0.2, 0.25) is 0 Å². The lowest BCUT2D eigenvalue weighted by Crippen LogP contribution is -2.39. The Balaban J connectivity index is 1.91. The van der Waals surface area contributed by atoms with Crippen LogP contribution in [-0.2, 0) is 4.74 Å². The SMILES string of the molecule is CCOc1ccc(-n2c(C(CC)N(CCCOC)C(=O)c3ccccc3C)nc3ccccc3c2=O)cc1. The van der Waals surface area contributed by atoms with Gasteiger partial charge in [0.15, 0.2) is 0 Å². The van der Waals surface area contributed by atoms with Gasteiger partial charge < -0.3 is 14.4 Å². The van der Waals surface area contributed by atoms with Gasteiger partial charge in [-0.25, -0.2) is 4.98 Å². The predicted octanol–water partition coefficient (Wildman–Crippen LogP) is 5.72. The van der Waals surface area contributed by atoms with E-state index in [9.17, 15) is 9.59 Å². The van der Waals surface area contributed by atoms with Crippen LogP contribution in [0.15, 0.2) is 77.6 Å². The molecule has 1 amide bonds. The smallest absolute Gasteiger partial charge is 0.266 e. The van der Waals surface area contributed by atoms with Crippen molar-refractivity contribution in [3.05, 3.63) is 100 Å². The van der Waals surface area contributed by atoms with Crippen LogP contribution >= 0.6 is 0 Å². The molecule has 0 fully saturated rings. The van der Waals surface area contributed by atoms with Crippen molar-refractivity contribution in [3.63, 3.8) is 0 Å². The fourth-order valence-electron chi connectivity index (χ4n) is 4.77. The third kappa shape index (κ3) is 5.63. The Hall–Kier alpha value is -3.97. The highest BCUT2D eigenvalue weighted by atomic mass is 16.5. The van der Waals surface area contributed by atoms with Crippen LogP contribution in [0, 0.1) is 6.92 Å². The zero-order chi connectivity index (χ0) is 27.1. The number of carbonyl (C=O) groups is 1. The van der Waals surface area contributed by atoms with Gasteiger partial charge in [-0.15, -0.1) is 0 Å². The Kier molecular flexibility index (Phi) is 8.92. The monoisotopic (exact) mass is 513 g/mol. The van der Waals surface area contributed by atoms with Gasteiger partial charge in [-0.1, -0.05) is 37.3 Å². The Morgan fingerprint density at radius 2 is 1.71 bits per heavy atom. The van der Waals surface area contributed by atoms with E-state index in [1.807, 2.05) is 92.4 Å². The van der Waals surface area contributed by atoms with Gasteiger partial charge >= 0.3 is 0 Å². The number of rotatable bonds is 11. The van der Waals surface area contributed by atoms with Crippen molar-refractivity contribution >= 4 is 16.8 Å². The molecule has 4 rings (SSSR count). The van der Waals surface area contributed by atoms with Crippen molar-refractivity contribution in [2.75, 3.05) is 26.9 Å². The second-order valence-corrected chi connectivity index (χ2v) is 9.14. The maximum Gasteiger partial charge on any atom is 0.266 e. The number of amides is 1. The highest BCUT2D eigenvalue weighted by Gasteiger charge is 2.30. The number of methoxy groups -OCH3 is 1. The number of hydrogen-bond acceptors (Lipinski definition) is 5. The molecule has 0 N–H and O–H groups in total. The van der Waals surface area contributed by atoms with E-state index in [1.165, 1.54) is 0 Å². The highest BCUT2D eigenvalue weighted by molar-refractivity contribution is 5.96. The number of nitrogens with zero attached hydrogens (tertiary/aromatic N) is 3. The first-order chi connectivity index (χ1) is 18.5. The van der Waals surface area contributed by atoms with Crippen LogP contribution in [0.5, 0.6) is 5.75 Å². The summed E-state index contributed by atoms with van der Waals surface area (Å²) in [5.41, 5.74) is 2.64. The predicted molar refractivity (Wildman–Crippen MR) is 150 cm³/mol. The summed E-state index contributed by atoms with van der Waals surface area (Å²) >= 11 is 0. The largest absolute Gasteiger partial charge is 0.494 e. The zero-order valence-corrected chi connectivity index (χ0v) is 22.5. The van der Waals surface area contributed by atoms with Gasteiger partial charge in [0, 0.05) is 25.8 Å². The molecule has 0 aliphatic heterocycles. The van der Waals surface area contributed by atoms with Gasteiger partial charge in [0.25, 0.3) is 11.5 Å². The summed E-state index contributed by atoms with van der Waals surface area (Å²) in [5.74, 6) is 1.16. The first-order valence-electron chi connectivity index (χ1n) is 13.1. The minimum atomic E-state index is -0.442. The molecule has 7 heteroatoms. The van der Waals surface area contributed by atoms with Crippen LogP contribution in [0.1, 0.15) is 54.5 Å². The Bertz CT molecular complexity index is 1450. The normalized spacial score (nSPS) is 11.9. The maximum atomic E-state index is 14.0. The molecule has 198 valence electrons. The Labute approximate surface area is 223 Å². The summed E-state index contributed by atoms with van der Waals surface area (Å²) in [6.45, 7) is 7.42. The standard InChI is InChI=1S/C31H35N3O4/c1-5-28(33(20-11-21-37-4)30(35)25-13-8-7-12-22(25)3)29-32-27-15-10-9-14-26(27)31(36)34(29)23-16-18-24(19-17-23)38-6-2/h7-10,12-19,28H,5-6,11,20-21H2,1-4H3. The summed E-state index contributed by atoms with van der Waals surface area (Å²) in [6.07, 6.45) is 1.23. The molecular weight excluding hydrogens is 478 g/mol. The number of aryl methyl sites for hydroxylation is 1. The molecule has 1 unspecified atom stereocenters. The van der Waals surface area contributed by atoms with E-state index < -0.39 is 6.04 Å². The van der Waals surface area contributed by atoms with E-state index in [4.69, 9.17) is 14.5 Å². The molecule has 7 nitrogen and oxygen atoms in total. The summed E-state index contributed by atoms with van der Waals surface area (Å²) in [5, 5.41) is 0.524. The van der Waals surface area contributed by atoms with E-state index in [-0.39, 0.29) is 11.5 Å². The highest BCUT2D eigenvalue weighted by Crippen LogP contribution is 2.29. The zero-order valence-electron chi connectivity index (χ0n) is 22.5. The van der Waals surface area contributed by atoms with E-state index >= 15 is 0 Å². The average Bonchev–Trinajstić information content (AvgIpc) is 2.93. The molecule has 0 bridgehead atoms. The lowest BCUT2D eigenvalue weighted by molar-refractivity contribution is 0.0633. The fourth-order valence-corrected chi connectivity index (χ4v) is 4.77. The van der Waals surface area contributed by atoms with Crippen LogP contribution in [0.25, 0.3) is 16.6 Å². The van der Waals surface area contributed by atoms with Crippen LogP contribution < -0.4 is 10.3 Å². The summed E-state index contributed by atoms with van der Waals surface area (Å²) in [7, 11) is 1.65. The molecule has 0 saturated heterocycles. The quantitative estimate of drug-likeness (QED) is 0.240. The number of carbonyl (C=O) groups excluding carboxylic acids is 1. The van der Waals surface area contributed by atoms with Gasteiger partial charge in [0.2, 0.25) is 0 Å². The third-order valence-electron chi connectivity index (χ3n) is 6.65. The Morgan fingerprint density at radius 1 is 1.00 bits per heavy atom. The molecule has 4 aromatic rings. The fraction of sp³-hybridized carbons (Fsp3) is 0.323. The van der Waals surface area contributed by atoms with Crippen molar-refractivity contribution in [1.29, 1.82) is 0 Å². The van der Waals surface area contributed by atoms with Gasteiger partial charge in [0.05, 0.1) is 29.2 Å². The number of fused-ring (bicyclic) bond motifs is 1. The van der Waals surface area contributed by atoms with Crippen LogP contribution in [0.4, 0.5) is 0 Å². The van der Waals surface area contributed by atoms with Crippen molar-refractivity contribution in [1.82, 2.24) is 14.5 Å². The van der Waals surface area contributed by atoms with Gasteiger partial charge in [-0.2, -0.15) is 0 Å². The molecular formula is C31H35N3O4. The molecule has 1 heterocycles. The van der Waals surface area contributed by atoms with E-state index in [2.05, 4.69) is 0 Å². The lowest BCUT2D eigenvalue weighted by Gasteiger charge is -2.33. The number of ether oxygens (including phenoxy) is 2. The molecule has 0 aliphatic carbocycles. The number of benzene rings is 3. The van der Waals surface area contributed by atoms with Gasteiger partial charge in [-0.3, -0.25) is 14.2 Å². The minimum Gasteiger partial charge on any atom is -0.494 e. The Morgan fingerprint density at radius 3 is 2.39 bits per heavy atom. The van der Waals surface area contributed by atoms with E-state index in [1.54, 1.807) is 17.7 Å². The minimum absolute atomic E-state index is 0.0910. The second-order valence-electron chi connectivity index (χ2n) is 9.14. The van der Waals surface area contributed by atoms with E-state index in [0.717, 1.165) is 11.3 Å². The molecule has 38 heavy (non-hydrogen) atoms. The lowest BCUT2D eigenvalue weighted by atomic mass is 10.0. The molecule has 0 aliphatic rings. The maximum absolute atomic E-state index is 14.0. The first kappa shape index (κ1) is 27.1. The molecule has 0 radical (unpaired) electrons. The molecule has 1 atom stereocenters. The van der Waals surface area contributed by atoms with Crippen molar-refractivity contribution in [2.24, 2.45) is 0 Å². The summed E-state index contributed by atoms with van der Waals surface area (Å²) in [6, 6.07) is 21.9. The van der Waals surface area contributed by atoms with Gasteiger partial charge in [-0.05, 0) is 74.7 Å². The van der Waals surface area contributed by atoms with Crippen molar-refractivity contribution < 1.29 is 14.3 Å². The molecule has 0 spiro atoms. The third-order valence-corrected chi connectivity index (χ3v) is 6.65. The number of aromatic nitrogens is 2. The topological polar surface area (TPSA) is 73.7 Å². The molecule has 0 saturated carbocycles. The number of para-hydroxylation sites is 1. The number of hydrogen-bond donors (Lipinski definition) is 0. The molecule has 3 aromatic carbocycles. The second kappa shape index (κ2) is 12.5. The van der Waals surface area contributed by atoms with Crippen LogP contribution in [0.3, 0.4) is 0 Å². The van der Waals surface area contributed by atoms with E-state index in [0.29, 0.717) is 60.6 Å². The van der Waals surface area contributed by atoms with Crippen molar-refractivity contribution in [3.8, 4) is 11.4 Å². The summed E-state index contributed by atoms with van der Waals surface area (Å²) < 4.78 is 12.6. The van der Waals surface area contributed by atoms with Crippen molar-refractivity contribution in [2.45, 2.75) is 39.7 Å².